The molecule has 0 amide bonds. The van der Waals surface area contributed by atoms with E-state index in [0.29, 0.717) is 30.9 Å². The minimum absolute atomic E-state index is 0.0102. The fourth-order valence-corrected chi connectivity index (χ4v) is 5.26. The van der Waals surface area contributed by atoms with Crippen molar-refractivity contribution >= 4 is 11.9 Å². The average molecular weight is 359 g/mol. The zero-order valence-electron chi connectivity index (χ0n) is 14.9. The lowest BCUT2D eigenvalue weighted by Crippen LogP contribution is -2.40. The molecule has 6 heteroatoms. The fraction of sp³-hybridized carbons (Fsp3) is 0.750. The molecule has 4 aliphatic rings. The second-order valence-electron chi connectivity index (χ2n) is 8.25. The molecule has 0 N–H and O–H groups in total. The van der Waals surface area contributed by atoms with Gasteiger partial charge in [-0.05, 0) is 31.6 Å². The molecule has 0 aromatic rings. The van der Waals surface area contributed by atoms with E-state index in [0.717, 1.165) is 0 Å². The topological polar surface area (TPSA) is 85.6 Å². The number of hydrogen-bond donors (Lipinski definition) is 0. The first-order valence-corrected chi connectivity index (χ1v) is 9.64. The van der Waals surface area contributed by atoms with Crippen molar-refractivity contribution in [1.82, 2.24) is 0 Å². The highest BCUT2D eigenvalue weighted by atomic mass is 16.6. The number of esters is 2. The van der Waals surface area contributed by atoms with Gasteiger partial charge < -0.3 is 14.2 Å². The maximum atomic E-state index is 12.4. The first-order valence-electron chi connectivity index (χ1n) is 9.64. The van der Waals surface area contributed by atoms with Crippen molar-refractivity contribution in [1.29, 1.82) is 5.26 Å². The summed E-state index contributed by atoms with van der Waals surface area (Å²) in [6, 6.07) is 2.15. The molecule has 5 unspecified atom stereocenters. The van der Waals surface area contributed by atoms with Crippen LogP contribution in [0.1, 0.15) is 44.9 Å². The molecule has 140 valence electrons. The van der Waals surface area contributed by atoms with Gasteiger partial charge in [-0.3, -0.25) is 4.79 Å². The van der Waals surface area contributed by atoms with E-state index in [1.54, 1.807) is 0 Å². The molecule has 6 nitrogen and oxygen atoms in total. The largest absolute Gasteiger partial charge is 0.457 e. The van der Waals surface area contributed by atoms with Gasteiger partial charge in [0.05, 0.1) is 18.2 Å². The van der Waals surface area contributed by atoms with Gasteiger partial charge in [0.1, 0.15) is 12.2 Å². The molecule has 1 heterocycles. The number of carbonyl (C=O) groups is 2. The lowest BCUT2D eigenvalue weighted by molar-refractivity contribution is -0.158. The highest BCUT2D eigenvalue weighted by Gasteiger charge is 2.72. The molecule has 3 saturated carbocycles. The van der Waals surface area contributed by atoms with Crippen LogP contribution in [0, 0.1) is 34.5 Å². The fourth-order valence-electron chi connectivity index (χ4n) is 5.26. The maximum Gasteiger partial charge on any atom is 0.336 e. The van der Waals surface area contributed by atoms with Gasteiger partial charge in [-0.25, -0.2) is 4.79 Å². The molecular weight excluding hydrogens is 334 g/mol. The predicted octanol–water partition coefficient (Wildman–Crippen LogP) is 2.53. The van der Waals surface area contributed by atoms with Crippen molar-refractivity contribution in [3.8, 4) is 6.07 Å². The Balaban J connectivity index is 1.27. The molecule has 3 aliphatic carbocycles. The number of ether oxygens (including phenoxy) is 3. The van der Waals surface area contributed by atoms with Gasteiger partial charge in [0.25, 0.3) is 0 Å². The van der Waals surface area contributed by atoms with Gasteiger partial charge in [-0.1, -0.05) is 25.8 Å². The lowest BCUT2D eigenvalue weighted by atomic mass is 9.74. The minimum atomic E-state index is -1.02. The van der Waals surface area contributed by atoms with Crippen molar-refractivity contribution < 1.29 is 23.8 Å². The molecular formula is C20H25NO5. The van der Waals surface area contributed by atoms with E-state index in [2.05, 4.69) is 12.6 Å². The van der Waals surface area contributed by atoms with Gasteiger partial charge in [0.15, 0.2) is 5.41 Å². The molecule has 5 atom stereocenters. The van der Waals surface area contributed by atoms with Crippen molar-refractivity contribution in [2.45, 2.75) is 57.2 Å². The second kappa shape index (κ2) is 6.70. The Kier molecular flexibility index (Phi) is 4.52. The lowest BCUT2D eigenvalue weighted by Gasteiger charge is -2.28. The van der Waals surface area contributed by atoms with Crippen molar-refractivity contribution in [2.75, 3.05) is 13.2 Å². The Bertz CT molecular complexity index is 662. The van der Waals surface area contributed by atoms with Gasteiger partial charge in [0, 0.05) is 18.4 Å². The molecule has 4 fully saturated rings. The third-order valence-electron chi connectivity index (χ3n) is 6.65. The van der Waals surface area contributed by atoms with Gasteiger partial charge in [0.2, 0.25) is 0 Å². The number of hydrogen-bond acceptors (Lipinski definition) is 6. The van der Waals surface area contributed by atoms with Gasteiger partial charge in [-0.2, -0.15) is 5.26 Å². The molecule has 0 aromatic heterocycles. The number of nitrogens with zero attached hydrogens (tertiary/aromatic N) is 1. The minimum Gasteiger partial charge on any atom is -0.457 e. The van der Waals surface area contributed by atoms with Crippen LogP contribution in [0.25, 0.3) is 0 Å². The summed E-state index contributed by atoms with van der Waals surface area (Å²) in [7, 11) is 0. The number of nitriles is 1. The van der Waals surface area contributed by atoms with E-state index in [1.807, 2.05) is 0 Å². The van der Waals surface area contributed by atoms with Crippen LogP contribution in [0.4, 0.5) is 0 Å². The number of rotatable bonds is 6. The average Bonchev–Trinajstić information content (AvgIpc) is 3.24. The highest BCUT2D eigenvalue weighted by Crippen LogP contribution is 2.62. The summed E-state index contributed by atoms with van der Waals surface area (Å²) < 4.78 is 16.7. The van der Waals surface area contributed by atoms with E-state index in [4.69, 9.17) is 14.2 Å². The molecule has 0 radical (unpaired) electrons. The smallest absolute Gasteiger partial charge is 0.336 e. The van der Waals surface area contributed by atoms with Crippen LogP contribution in [0.2, 0.25) is 0 Å². The van der Waals surface area contributed by atoms with Crippen LogP contribution in [-0.2, 0) is 23.8 Å². The summed E-state index contributed by atoms with van der Waals surface area (Å²) in [5.74, 6) is -0.507. The van der Waals surface area contributed by atoms with Crippen LogP contribution in [-0.4, -0.2) is 37.4 Å². The maximum absolute atomic E-state index is 12.4. The molecule has 2 bridgehead atoms. The van der Waals surface area contributed by atoms with Crippen LogP contribution < -0.4 is 0 Å². The Morgan fingerprint density at radius 1 is 1.35 bits per heavy atom. The molecule has 26 heavy (non-hydrogen) atoms. The molecule has 1 saturated heterocycles. The third-order valence-corrected chi connectivity index (χ3v) is 6.65. The van der Waals surface area contributed by atoms with E-state index in [-0.39, 0.29) is 18.4 Å². The van der Waals surface area contributed by atoms with E-state index >= 15 is 0 Å². The summed E-state index contributed by atoms with van der Waals surface area (Å²) in [5, 5.41) is 9.41. The van der Waals surface area contributed by atoms with Crippen molar-refractivity contribution in [3.05, 3.63) is 12.2 Å². The summed E-state index contributed by atoms with van der Waals surface area (Å²) in [4.78, 5) is 24.4. The Hall–Kier alpha value is -1.87. The standard InChI is InChI=1S/C20H25NO5/c1-12(9-24-10-13-5-3-2-4-6-13)18(22)25-16-14-7-15-17(16)26-19(23)20(15,8-14)11-21/h13-17H,1-10H2. The van der Waals surface area contributed by atoms with Gasteiger partial charge >= 0.3 is 11.9 Å². The first-order chi connectivity index (χ1) is 12.5. The summed E-state index contributed by atoms with van der Waals surface area (Å²) >= 11 is 0. The number of fused-ring (bicyclic) bond motifs is 1. The summed E-state index contributed by atoms with van der Waals surface area (Å²) in [6.07, 6.45) is 6.37. The Morgan fingerprint density at radius 2 is 2.12 bits per heavy atom. The van der Waals surface area contributed by atoms with Crippen molar-refractivity contribution in [3.63, 3.8) is 0 Å². The zero-order valence-corrected chi connectivity index (χ0v) is 14.9. The quantitative estimate of drug-likeness (QED) is 0.535. The van der Waals surface area contributed by atoms with Crippen LogP contribution in [0.15, 0.2) is 12.2 Å². The van der Waals surface area contributed by atoms with Crippen LogP contribution in [0.5, 0.6) is 0 Å². The molecule has 0 spiro atoms. The van der Waals surface area contributed by atoms with Crippen molar-refractivity contribution in [2.24, 2.45) is 23.2 Å². The van der Waals surface area contributed by atoms with E-state index < -0.39 is 29.6 Å². The summed E-state index contributed by atoms with van der Waals surface area (Å²) in [5.41, 5.74) is -0.724. The monoisotopic (exact) mass is 359 g/mol. The summed E-state index contributed by atoms with van der Waals surface area (Å²) in [6.45, 7) is 4.62. The molecule has 4 rings (SSSR count). The third kappa shape index (κ3) is 2.73. The normalized spacial score (nSPS) is 38.0. The Morgan fingerprint density at radius 3 is 2.85 bits per heavy atom. The van der Waals surface area contributed by atoms with E-state index in [1.165, 1.54) is 32.1 Å². The Labute approximate surface area is 153 Å². The molecule has 1 aliphatic heterocycles. The highest BCUT2D eigenvalue weighted by molar-refractivity contribution is 5.88. The zero-order chi connectivity index (χ0) is 18.3. The van der Waals surface area contributed by atoms with Gasteiger partial charge in [-0.15, -0.1) is 0 Å². The molecule has 0 aromatic carbocycles. The second-order valence-corrected chi connectivity index (χ2v) is 8.25. The predicted molar refractivity (Wildman–Crippen MR) is 90.6 cm³/mol. The van der Waals surface area contributed by atoms with Crippen LogP contribution in [0.3, 0.4) is 0 Å². The SMILES string of the molecule is C=C(COCC1CCCCC1)C(=O)OC1C2CC3C1OC(=O)C3(C#N)C2. The van der Waals surface area contributed by atoms with Crippen LogP contribution >= 0.6 is 0 Å². The van der Waals surface area contributed by atoms with E-state index in [9.17, 15) is 14.9 Å². The first kappa shape index (κ1) is 17.5. The number of carbonyl (C=O) groups excluding carboxylic acids is 2.